The molecule has 1 aromatic rings. The fraction of sp³-hybridized carbons (Fsp3) is 0.562. The van der Waals surface area contributed by atoms with Crippen LogP contribution in [0.5, 0.6) is 0 Å². The molecule has 1 aliphatic heterocycles. The lowest BCUT2D eigenvalue weighted by atomic mass is 10.0. The van der Waals surface area contributed by atoms with Gasteiger partial charge in [-0.15, -0.1) is 0 Å². The average Bonchev–Trinajstić information content (AvgIpc) is 2.98. The first kappa shape index (κ1) is 15.0. The summed E-state index contributed by atoms with van der Waals surface area (Å²) in [7, 11) is 0. The van der Waals surface area contributed by atoms with Crippen LogP contribution in [0.15, 0.2) is 24.3 Å². The van der Waals surface area contributed by atoms with Crippen molar-refractivity contribution in [3.8, 4) is 0 Å². The number of carbonyl (C=O) groups is 1. The molecule has 110 valence electrons. The van der Waals surface area contributed by atoms with Gasteiger partial charge in [0.25, 0.3) is 5.91 Å². The van der Waals surface area contributed by atoms with Crippen molar-refractivity contribution in [2.75, 3.05) is 26.3 Å². The molecule has 1 saturated heterocycles. The number of nitrogens with one attached hydrogen (secondary N) is 1. The normalized spacial score (nSPS) is 18.1. The van der Waals surface area contributed by atoms with Crippen LogP contribution in [0.1, 0.15) is 35.2 Å². The van der Waals surface area contributed by atoms with Gasteiger partial charge in [-0.3, -0.25) is 4.79 Å². The molecule has 20 heavy (non-hydrogen) atoms. The molecule has 0 saturated carbocycles. The number of amides is 1. The number of ether oxygens (including phenoxy) is 1. The van der Waals surface area contributed by atoms with Gasteiger partial charge in [-0.05, 0) is 55.8 Å². The molecule has 0 spiro atoms. The van der Waals surface area contributed by atoms with Crippen molar-refractivity contribution in [1.82, 2.24) is 5.32 Å². The fourth-order valence-corrected chi connectivity index (χ4v) is 2.50. The minimum atomic E-state index is 0.00645. The van der Waals surface area contributed by atoms with E-state index in [2.05, 4.69) is 5.32 Å². The highest BCUT2D eigenvalue weighted by Crippen LogP contribution is 2.17. The highest BCUT2D eigenvalue weighted by atomic mass is 16.5. The summed E-state index contributed by atoms with van der Waals surface area (Å²) in [6.07, 6.45) is 4.17. The van der Waals surface area contributed by atoms with Crippen molar-refractivity contribution in [2.45, 2.75) is 25.7 Å². The number of benzene rings is 1. The van der Waals surface area contributed by atoms with Gasteiger partial charge in [-0.25, -0.2) is 0 Å². The van der Waals surface area contributed by atoms with Crippen molar-refractivity contribution < 1.29 is 9.53 Å². The Balaban J connectivity index is 1.68. The first-order chi connectivity index (χ1) is 9.79. The first-order valence-corrected chi connectivity index (χ1v) is 7.44. The van der Waals surface area contributed by atoms with Gasteiger partial charge in [0.15, 0.2) is 0 Å². The van der Waals surface area contributed by atoms with E-state index in [-0.39, 0.29) is 5.91 Å². The predicted octanol–water partition coefficient (Wildman–Crippen LogP) is 1.73. The molecule has 0 aliphatic carbocycles. The fourth-order valence-electron chi connectivity index (χ4n) is 2.50. The number of hydrogen-bond acceptors (Lipinski definition) is 3. The Morgan fingerprint density at radius 3 is 2.80 bits per heavy atom. The van der Waals surface area contributed by atoms with E-state index in [1.54, 1.807) is 0 Å². The van der Waals surface area contributed by atoms with Crippen LogP contribution < -0.4 is 11.1 Å². The van der Waals surface area contributed by atoms with Gasteiger partial charge < -0.3 is 15.8 Å². The molecular formula is C16H24N2O2. The second-order valence-corrected chi connectivity index (χ2v) is 5.36. The Bertz CT molecular complexity index is 411. The van der Waals surface area contributed by atoms with E-state index in [1.807, 2.05) is 24.3 Å². The maximum absolute atomic E-state index is 11.9. The maximum Gasteiger partial charge on any atom is 0.251 e. The standard InChI is InChI=1S/C16H24N2O2/c17-9-7-13-3-5-15(6-4-13)16(19)18-10-1-2-14-8-11-20-12-14/h3-6,14H,1-2,7-12,17H2,(H,18,19). The summed E-state index contributed by atoms with van der Waals surface area (Å²) in [5, 5.41) is 2.97. The highest BCUT2D eigenvalue weighted by Gasteiger charge is 2.14. The predicted molar refractivity (Wildman–Crippen MR) is 79.7 cm³/mol. The van der Waals surface area contributed by atoms with Crippen LogP contribution in [0.3, 0.4) is 0 Å². The van der Waals surface area contributed by atoms with Crippen molar-refractivity contribution in [3.63, 3.8) is 0 Å². The molecule has 4 nitrogen and oxygen atoms in total. The van der Waals surface area contributed by atoms with Gasteiger partial charge in [0, 0.05) is 25.3 Å². The Hall–Kier alpha value is -1.39. The topological polar surface area (TPSA) is 64.4 Å². The summed E-state index contributed by atoms with van der Waals surface area (Å²) in [5.41, 5.74) is 7.39. The molecule has 4 heteroatoms. The molecule has 2 rings (SSSR count). The summed E-state index contributed by atoms with van der Waals surface area (Å²) in [6, 6.07) is 7.67. The maximum atomic E-state index is 11.9. The lowest BCUT2D eigenvalue weighted by Crippen LogP contribution is -2.24. The van der Waals surface area contributed by atoms with E-state index in [1.165, 1.54) is 5.56 Å². The van der Waals surface area contributed by atoms with E-state index >= 15 is 0 Å². The van der Waals surface area contributed by atoms with Crippen LogP contribution in [-0.2, 0) is 11.2 Å². The number of nitrogens with two attached hydrogens (primary N) is 1. The largest absolute Gasteiger partial charge is 0.381 e. The summed E-state index contributed by atoms with van der Waals surface area (Å²) in [5.74, 6) is 0.689. The Kier molecular flexibility index (Phi) is 6.02. The molecule has 1 unspecified atom stereocenters. The first-order valence-electron chi connectivity index (χ1n) is 7.44. The van der Waals surface area contributed by atoms with E-state index in [0.29, 0.717) is 12.5 Å². The van der Waals surface area contributed by atoms with Crippen molar-refractivity contribution in [1.29, 1.82) is 0 Å². The minimum Gasteiger partial charge on any atom is -0.381 e. The molecule has 1 aromatic carbocycles. The quantitative estimate of drug-likeness (QED) is 0.746. The summed E-state index contributed by atoms with van der Waals surface area (Å²) >= 11 is 0. The Labute approximate surface area is 120 Å². The van der Waals surface area contributed by atoms with Crippen LogP contribution >= 0.6 is 0 Å². The zero-order chi connectivity index (χ0) is 14.2. The molecular weight excluding hydrogens is 252 g/mol. The summed E-state index contributed by atoms with van der Waals surface area (Å²) < 4.78 is 5.34. The number of carbonyl (C=O) groups excluding carboxylic acids is 1. The van der Waals surface area contributed by atoms with Crippen molar-refractivity contribution >= 4 is 5.91 Å². The van der Waals surface area contributed by atoms with Gasteiger partial charge in [-0.2, -0.15) is 0 Å². The van der Waals surface area contributed by atoms with E-state index in [9.17, 15) is 4.79 Å². The molecule has 3 N–H and O–H groups in total. The summed E-state index contributed by atoms with van der Waals surface area (Å²) in [6.45, 7) is 3.15. The molecule has 1 amide bonds. The Morgan fingerprint density at radius 2 is 2.15 bits per heavy atom. The molecule has 0 bridgehead atoms. The molecule has 0 radical (unpaired) electrons. The zero-order valence-corrected chi connectivity index (χ0v) is 11.9. The second kappa shape index (κ2) is 8.02. The smallest absolute Gasteiger partial charge is 0.251 e. The van der Waals surface area contributed by atoms with Crippen molar-refractivity contribution in [2.24, 2.45) is 11.7 Å². The molecule has 1 fully saturated rings. The third kappa shape index (κ3) is 4.62. The van der Waals surface area contributed by atoms with Gasteiger partial charge in [0.2, 0.25) is 0 Å². The summed E-state index contributed by atoms with van der Waals surface area (Å²) in [4.78, 5) is 11.9. The molecule has 1 aliphatic rings. The van der Waals surface area contributed by atoms with Crippen LogP contribution in [0.2, 0.25) is 0 Å². The van der Waals surface area contributed by atoms with Crippen LogP contribution in [0, 0.1) is 5.92 Å². The highest BCUT2D eigenvalue weighted by molar-refractivity contribution is 5.94. The van der Waals surface area contributed by atoms with Gasteiger partial charge in [0.05, 0.1) is 0 Å². The van der Waals surface area contributed by atoms with Gasteiger partial charge in [-0.1, -0.05) is 12.1 Å². The van der Waals surface area contributed by atoms with Crippen LogP contribution in [-0.4, -0.2) is 32.2 Å². The lowest BCUT2D eigenvalue weighted by molar-refractivity contribution is 0.0952. The second-order valence-electron chi connectivity index (χ2n) is 5.36. The van der Waals surface area contributed by atoms with Crippen LogP contribution in [0.25, 0.3) is 0 Å². The lowest BCUT2D eigenvalue weighted by Gasteiger charge is -2.08. The van der Waals surface area contributed by atoms with Crippen LogP contribution in [0.4, 0.5) is 0 Å². The zero-order valence-electron chi connectivity index (χ0n) is 11.9. The van der Waals surface area contributed by atoms with E-state index < -0.39 is 0 Å². The monoisotopic (exact) mass is 276 g/mol. The molecule has 1 heterocycles. The van der Waals surface area contributed by atoms with Gasteiger partial charge in [0.1, 0.15) is 0 Å². The number of rotatable bonds is 7. The average molecular weight is 276 g/mol. The van der Waals surface area contributed by atoms with E-state index in [0.717, 1.165) is 51.0 Å². The third-order valence-corrected chi connectivity index (χ3v) is 3.75. The Morgan fingerprint density at radius 1 is 1.35 bits per heavy atom. The minimum absolute atomic E-state index is 0.00645. The number of hydrogen-bond donors (Lipinski definition) is 2. The third-order valence-electron chi connectivity index (χ3n) is 3.75. The molecule has 0 aromatic heterocycles. The van der Waals surface area contributed by atoms with Crippen molar-refractivity contribution in [3.05, 3.63) is 35.4 Å². The SMILES string of the molecule is NCCc1ccc(C(=O)NCCCC2CCOC2)cc1. The van der Waals surface area contributed by atoms with E-state index in [4.69, 9.17) is 10.5 Å². The van der Waals surface area contributed by atoms with Gasteiger partial charge >= 0.3 is 0 Å². The molecule has 1 atom stereocenters.